The van der Waals surface area contributed by atoms with Crippen LogP contribution in [0.3, 0.4) is 0 Å². The molecule has 0 N–H and O–H groups in total. The van der Waals surface area contributed by atoms with Gasteiger partial charge in [0.2, 0.25) is 0 Å². The summed E-state index contributed by atoms with van der Waals surface area (Å²) >= 11 is 3.57. The second kappa shape index (κ2) is 8.62. The molecule has 2 heterocycles. The van der Waals surface area contributed by atoms with Crippen LogP contribution in [0.2, 0.25) is 0 Å². The Bertz CT molecular complexity index is 1350. The van der Waals surface area contributed by atoms with Gasteiger partial charge in [-0.1, -0.05) is 6.07 Å². The first-order valence-electron chi connectivity index (χ1n) is 9.92. The standard InChI is InChI=1S/C22H23BrN6O3/c1-13-11-16(28-15(3)21(23)14(2)24-28)9-10-19(13)32-12-17-18(7-6-8-20(17)31-5)29-22(30)27(4)25-26-29/h6-11H,12H2,1-5H3. The molecule has 0 bridgehead atoms. The molecule has 0 saturated carbocycles. The third-order valence-electron chi connectivity index (χ3n) is 5.26. The number of aromatic nitrogens is 6. The molecule has 2 aromatic carbocycles. The Morgan fingerprint density at radius 1 is 1.03 bits per heavy atom. The summed E-state index contributed by atoms with van der Waals surface area (Å²) in [5.41, 5.74) is 4.78. The van der Waals surface area contributed by atoms with E-state index in [9.17, 15) is 4.79 Å². The molecule has 0 aliphatic heterocycles. The van der Waals surface area contributed by atoms with E-state index in [4.69, 9.17) is 9.47 Å². The summed E-state index contributed by atoms with van der Waals surface area (Å²) in [4.78, 5) is 12.4. The molecule has 0 unspecified atom stereocenters. The molecular weight excluding hydrogens is 476 g/mol. The molecule has 32 heavy (non-hydrogen) atoms. The minimum Gasteiger partial charge on any atom is -0.496 e. The number of ether oxygens (including phenoxy) is 2. The highest BCUT2D eigenvalue weighted by Gasteiger charge is 2.17. The smallest absolute Gasteiger partial charge is 0.368 e. The lowest BCUT2D eigenvalue weighted by Crippen LogP contribution is -2.23. The summed E-state index contributed by atoms with van der Waals surface area (Å²) in [5, 5.41) is 12.3. The fourth-order valence-corrected chi connectivity index (χ4v) is 3.75. The normalized spacial score (nSPS) is 11.1. The van der Waals surface area contributed by atoms with Crippen LogP contribution in [0.5, 0.6) is 11.5 Å². The Balaban J connectivity index is 1.65. The number of methoxy groups -OCH3 is 1. The Morgan fingerprint density at radius 3 is 2.41 bits per heavy atom. The Morgan fingerprint density at radius 2 is 1.81 bits per heavy atom. The highest BCUT2D eigenvalue weighted by atomic mass is 79.9. The van der Waals surface area contributed by atoms with Gasteiger partial charge in [0.15, 0.2) is 0 Å². The van der Waals surface area contributed by atoms with E-state index in [2.05, 4.69) is 31.5 Å². The molecule has 0 atom stereocenters. The van der Waals surface area contributed by atoms with E-state index in [1.165, 1.54) is 9.36 Å². The summed E-state index contributed by atoms with van der Waals surface area (Å²) in [5.74, 6) is 1.32. The average molecular weight is 499 g/mol. The van der Waals surface area contributed by atoms with Crippen LogP contribution in [-0.2, 0) is 13.7 Å². The number of nitrogens with zero attached hydrogens (tertiary/aromatic N) is 6. The topological polar surface area (TPSA) is 89.0 Å². The minimum absolute atomic E-state index is 0.188. The van der Waals surface area contributed by atoms with Gasteiger partial charge in [-0.3, -0.25) is 0 Å². The first kappa shape index (κ1) is 21.8. The molecule has 4 aromatic rings. The number of tetrazole rings is 1. The molecule has 0 aliphatic carbocycles. The van der Waals surface area contributed by atoms with Crippen LogP contribution in [0.4, 0.5) is 0 Å². The van der Waals surface area contributed by atoms with Crippen LogP contribution >= 0.6 is 15.9 Å². The number of rotatable bonds is 6. The van der Waals surface area contributed by atoms with Crippen LogP contribution in [0.1, 0.15) is 22.5 Å². The van der Waals surface area contributed by atoms with Gasteiger partial charge in [-0.25, -0.2) is 9.48 Å². The van der Waals surface area contributed by atoms with Gasteiger partial charge >= 0.3 is 5.69 Å². The molecule has 2 aromatic heterocycles. The van der Waals surface area contributed by atoms with E-state index in [1.807, 2.05) is 49.7 Å². The SMILES string of the molecule is COc1cccc(-n2nnn(C)c2=O)c1COc1ccc(-n2nc(C)c(Br)c2C)cc1C. The maximum Gasteiger partial charge on any atom is 0.368 e. The van der Waals surface area contributed by atoms with Gasteiger partial charge < -0.3 is 9.47 Å². The van der Waals surface area contributed by atoms with Gasteiger partial charge in [-0.2, -0.15) is 14.5 Å². The molecule has 0 aliphatic rings. The Hall–Kier alpha value is -3.40. The molecule has 0 radical (unpaired) electrons. The summed E-state index contributed by atoms with van der Waals surface area (Å²) < 4.78 is 16.9. The lowest BCUT2D eigenvalue weighted by molar-refractivity contribution is 0.294. The number of halogens is 1. The quantitative estimate of drug-likeness (QED) is 0.404. The zero-order valence-electron chi connectivity index (χ0n) is 18.5. The van der Waals surface area contributed by atoms with Gasteiger partial charge in [0, 0.05) is 7.05 Å². The van der Waals surface area contributed by atoms with Crippen molar-refractivity contribution in [1.82, 2.24) is 29.6 Å². The third kappa shape index (κ3) is 3.81. The third-order valence-corrected chi connectivity index (χ3v) is 6.40. The number of aryl methyl sites for hydroxylation is 3. The maximum absolute atomic E-state index is 12.4. The van der Waals surface area contributed by atoms with Crippen molar-refractivity contribution in [2.75, 3.05) is 7.11 Å². The molecule has 10 heteroatoms. The van der Waals surface area contributed by atoms with E-state index >= 15 is 0 Å². The van der Waals surface area contributed by atoms with Gasteiger partial charge in [0.25, 0.3) is 0 Å². The first-order valence-corrected chi connectivity index (χ1v) is 10.7. The van der Waals surface area contributed by atoms with Crippen molar-refractivity contribution < 1.29 is 9.47 Å². The van der Waals surface area contributed by atoms with Crippen molar-refractivity contribution in [3.05, 3.63) is 73.9 Å². The van der Waals surface area contributed by atoms with Crippen LogP contribution in [0.15, 0.2) is 45.7 Å². The molecule has 9 nitrogen and oxygen atoms in total. The van der Waals surface area contributed by atoms with Crippen molar-refractivity contribution in [3.63, 3.8) is 0 Å². The Labute approximate surface area is 193 Å². The van der Waals surface area contributed by atoms with E-state index < -0.39 is 0 Å². The lowest BCUT2D eigenvalue weighted by Gasteiger charge is -2.16. The molecular formula is C22H23BrN6O3. The van der Waals surface area contributed by atoms with Crippen LogP contribution in [-0.4, -0.2) is 36.7 Å². The monoisotopic (exact) mass is 498 g/mol. The van der Waals surface area contributed by atoms with Gasteiger partial charge in [0.05, 0.1) is 39.9 Å². The minimum atomic E-state index is -0.351. The second-order valence-corrected chi connectivity index (χ2v) is 8.18. The Kier molecular flexibility index (Phi) is 5.88. The maximum atomic E-state index is 12.4. The van der Waals surface area contributed by atoms with Crippen LogP contribution in [0.25, 0.3) is 11.4 Å². The van der Waals surface area contributed by atoms with E-state index in [1.54, 1.807) is 26.3 Å². The lowest BCUT2D eigenvalue weighted by atomic mass is 10.1. The van der Waals surface area contributed by atoms with Gasteiger partial charge in [-0.15, -0.1) is 0 Å². The first-order chi connectivity index (χ1) is 15.3. The van der Waals surface area contributed by atoms with Crippen molar-refractivity contribution >= 4 is 15.9 Å². The molecule has 0 fully saturated rings. The average Bonchev–Trinajstić information content (AvgIpc) is 3.25. The summed E-state index contributed by atoms with van der Waals surface area (Å²) in [6.45, 7) is 6.15. The molecule has 0 saturated heterocycles. The van der Waals surface area contributed by atoms with Crippen LogP contribution in [0, 0.1) is 20.8 Å². The predicted octanol–water partition coefficient (Wildman–Crippen LogP) is 3.43. The highest BCUT2D eigenvalue weighted by Crippen LogP contribution is 2.29. The second-order valence-electron chi connectivity index (χ2n) is 7.39. The van der Waals surface area contributed by atoms with Gasteiger partial charge in [-0.05, 0) is 83.0 Å². The molecule has 0 spiro atoms. The van der Waals surface area contributed by atoms with Crippen LogP contribution < -0.4 is 15.2 Å². The number of benzene rings is 2. The van der Waals surface area contributed by atoms with E-state index in [0.29, 0.717) is 17.0 Å². The highest BCUT2D eigenvalue weighted by molar-refractivity contribution is 9.10. The molecule has 166 valence electrons. The van der Waals surface area contributed by atoms with E-state index in [0.717, 1.165) is 32.9 Å². The zero-order chi connectivity index (χ0) is 23.0. The predicted molar refractivity (Wildman–Crippen MR) is 123 cm³/mol. The summed E-state index contributed by atoms with van der Waals surface area (Å²) in [6, 6.07) is 11.3. The van der Waals surface area contributed by atoms with E-state index in [-0.39, 0.29) is 12.3 Å². The zero-order valence-corrected chi connectivity index (χ0v) is 20.0. The van der Waals surface area contributed by atoms with Crippen molar-refractivity contribution in [3.8, 4) is 22.9 Å². The fraction of sp³-hybridized carbons (Fsp3) is 0.273. The summed E-state index contributed by atoms with van der Waals surface area (Å²) in [6.07, 6.45) is 0. The number of hydrogen-bond donors (Lipinski definition) is 0. The largest absolute Gasteiger partial charge is 0.496 e. The number of hydrogen-bond acceptors (Lipinski definition) is 6. The van der Waals surface area contributed by atoms with Crippen molar-refractivity contribution in [2.45, 2.75) is 27.4 Å². The fourth-order valence-electron chi connectivity index (χ4n) is 3.51. The van der Waals surface area contributed by atoms with Crippen molar-refractivity contribution in [1.29, 1.82) is 0 Å². The van der Waals surface area contributed by atoms with Crippen molar-refractivity contribution in [2.24, 2.45) is 7.05 Å². The van der Waals surface area contributed by atoms with Gasteiger partial charge in [0.1, 0.15) is 18.1 Å². The molecule has 0 amide bonds. The summed E-state index contributed by atoms with van der Waals surface area (Å²) in [7, 11) is 3.13. The molecule has 4 rings (SSSR count).